The number of ether oxygens (including phenoxy) is 1. The maximum Gasteiger partial charge on any atom is 0.252 e. The number of H-pyrrole nitrogens is 1. The van der Waals surface area contributed by atoms with Crippen LogP contribution in [-0.2, 0) is 17.8 Å². The third kappa shape index (κ3) is 1.86. The van der Waals surface area contributed by atoms with Crippen LogP contribution in [-0.4, -0.2) is 29.2 Å². The molecular weight excluding hydrogens is 350 g/mol. The van der Waals surface area contributed by atoms with Crippen molar-refractivity contribution in [2.24, 2.45) is 0 Å². The smallest absolute Gasteiger partial charge is 0.252 e. The quantitative estimate of drug-likeness (QED) is 0.498. The standard InChI is InChI=1S/C23H19N3O2/c1-28-11-10-26-17-9-5-3-7-14(17)19-20-15(12-24-23(20)27)18-13-6-2-4-8-16(13)25-21(18)22(19)26/h2-9,25H,10-12H2,1H3,(H,24,27). The van der Waals surface area contributed by atoms with Crippen molar-refractivity contribution in [3.05, 3.63) is 59.7 Å². The fourth-order valence-electron chi connectivity index (χ4n) is 4.82. The van der Waals surface area contributed by atoms with Gasteiger partial charge in [0.25, 0.3) is 5.91 Å². The number of rotatable bonds is 3. The number of aromatic amines is 1. The number of aromatic nitrogens is 2. The first-order chi connectivity index (χ1) is 13.8. The van der Waals surface area contributed by atoms with Crippen LogP contribution in [0.25, 0.3) is 43.6 Å². The summed E-state index contributed by atoms with van der Waals surface area (Å²) >= 11 is 0. The Morgan fingerprint density at radius 2 is 1.82 bits per heavy atom. The average molecular weight is 369 g/mol. The van der Waals surface area contributed by atoms with Gasteiger partial charge in [-0.25, -0.2) is 0 Å². The first-order valence-corrected chi connectivity index (χ1v) is 9.53. The summed E-state index contributed by atoms with van der Waals surface area (Å²) in [4.78, 5) is 16.5. The molecule has 3 aromatic carbocycles. The molecule has 0 bridgehead atoms. The molecule has 0 fully saturated rings. The highest BCUT2D eigenvalue weighted by molar-refractivity contribution is 6.30. The van der Waals surface area contributed by atoms with Crippen molar-refractivity contribution >= 4 is 49.5 Å². The normalized spacial score (nSPS) is 13.8. The molecule has 0 radical (unpaired) electrons. The predicted molar refractivity (Wildman–Crippen MR) is 112 cm³/mol. The number of nitrogens with zero attached hydrogens (tertiary/aromatic N) is 1. The summed E-state index contributed by atoms with van der Waals surface area (Å²) in [6, 6.07) is 16.6. The fraction of sp³-hybridized carbons (Fsp3) is 0.174. The number of fused-ring (bicyclic) bond motifs is 10. The molecule has 6 rings (SSSR count). The van der Waals surface area contributed by atoms with Gasteiger partial charge in [0.1, 0.15) is 0 Å². The third-order valence-corrected chi connectivity index (χ3v) is 5.94. The Bertz CT molecular complexity index is 1420. The molecule has 1 amide bonds. The van der Waals surface area contributed by atoms with E-state index in [-0.39, 0.29) is 5.91 Å². The summed E-state index contributed by atoms with van der Waals surface area (Å²) in [5, 5.41) is 7.52. The van der Waals surface area contributed by atoms with Crippen molar-refractivity contribution in [3.8, 4) is 0 Å². The van der Waals surface area contributed by atoms with Crippen LogP contribution in [0.3, 0.4) is 0 Å². The van der Waals surface area contributed by atoms with Gasteiger partial charge < -0.3 is 19.6 Å². The first kappa shape index (κ1) is 15.7. The highest BCUT2D eigenvalue weighted by Crippen LogP contribution is 2.43. The highest BCUT2D eigenvalue weighted by Gasteiger charge is 2.30. The molecule has 2 N–H and O–H groups in total. The van der Waals surface area contributed by atoms with E-state index in [1.165, 1.54) is 0 Å². The molecule has 138 valence electrons. The Balaban J connectivity index is 1.93. The van der Waals surface area contributed by atoms with Crippen LogP contribution < -0.4 is 5.32 Å². The summed E-state index contributed by atoms with van der Waals surface area (Å²) in [5.74, 6) is 0.0156. The second-order valence-electron chi connectivity index (χ2n) is 7.34. The zero-order chi connectivity index (χ0) is 18.8. The second kappa shape index (κ2) is 5.59. The molecule has 0 unspecified atom stereocenters. The maximum atomic E-state index is 12.9. The number of para-hydroxylation sites is 2. The van der Waals surface area contributed by atoms with Crippen LogP contribution in [0.2, 0.25) is 0 Å². The van der Waals surface area contributed by atoms with Crippen molar-refractivity contribution in [2.75, 3.05) is 13.7 Å². The lowest BCUT2D eigenvalue weighted by molar-refractivity contribution is 0.0967. The van der Waals surface area contributed by atoms with Gasteiger partial charge in [-0.3, -0.25) is 4.79 Å². The largest absolute Gasteiger partial charge is 0.383 e. The topological polar surface area (TPSA) is 59.0 Å². The zero-order valence-electron chi connectivity index (χ0n) is 15.5. The number of carbonyl (C=O) groups is 1. The van der Waals surface area contributed by atoms with E-state index in [0.29, 0.717) is 13.2 Å². The van der Waals surface area contributed by atoms with Crippen LogP contribution in [0.1, 0.15) is 15.9 Å². The number of hydrogen-bond acceptors (Lipinski definition) is 2. The van der Waals surface area contributed by atoms with E-state index in [1.54, 1.807) is 7.11 Å². The van der Waals surface area contributed by atoms with Crippen LogP contribution in [0.15, 0.2) is 48.5 Å². The fourth-order valence-corrected chi connectivity index (χ4v) is 4.82. The van der Waals surface area contributed by atoms with Gasteiger partial charge in [0, 0.05) is 52.8 Å². The van der Waals surface area contributed by atoms with Crippen LogP contribution in [0.4, 0.5) is 0 Å². The highest BCUT2D eigenvalue weighted by atomic mass is 16.5. The SMILES string of the molecule is COCCn1c2ccccc2c2c3c(c4c5ccccc5[nH]c4c21)CNC3=O. The molecular formula is C23H19N3O2. The Labute approximate surface area is 160 Å². The predicted octanol–water partition coefficient (Wildman–Crippen LogP) is 4.32. The summed E-state index contributed by atoms with van der Waals surface area (Å²) in [6.07, 6.45) is 0. The van der Waals surface area contributed by atoms with Gasteiger partial charge in [-0.1, -0.05) is 36.4 Å². The minimum atomic E-state index is 0.0156. The van der Waals surface area contributed by atoms with Gasteiger partial charge in [0.15, 0.2) is 0 Å². The number of benzene rings is 3. The van der Waals surface area contributed by atoms with Crippen molar-refractivity contribution in [2.45, 2.75) is 13.1 Å². The molecule has 0 aliphatic carbocycles. The molecule has 1 aliphatic rings. The average Bonchev–Trinajstić information content (AvgIpc) is 3.38. The zero-order valence-corrected chi connectivity index (χ0v) is 15.5. The monoisotopic (exact) mass is 369 g/mol. The molecule has 0 atom stereocenters. The lowest BCUT2D eigenvalue weighted by Crippen LogP contribution is -2.12. The maximum absolute atomic E-state index is 12.9. The van der Waals surface area contributed by atoms with Crippen molar-refractivity contribution < 1.29 is 9.53 Å². The summed E-state index contributed by atoms with van der Waals surface area (Å²) in [5.41, 5.74) is 6.32. The Morgan fingerprint density at radius 1 is 1.04 bits per heavy atom. The summed E-state index contributed by atoms with van der Waals surface area (Å²) in [6.45, 7) is 1.91. The lowest BCUT2D eigenvalue weighted by Gasteiger charge is -2.09. The second-order valence-corrected chi connectivity index (χ2v) is 7.34. The minimum Gasteiger partial charge on any atom is -0.383 e. The number of nitrogens with one attached hydrogen (secondary N) is 2. The Morgan fingerprint density at radius 3 is 2.68 bits per heavy atom. The van der Waals surface area contributed by atoms with E-state index in [4.69, 9.17) is 4.74 Å². The van der Waals surface area contributed by atoms with E-state index >= 15 is 0 Å². The van der Waals surface area contributed by atoms with Gasteiger partial charge in [0.05, 0.1) is 23.2 Å². The Kier molecular flexibility index (Phi) is 3.14. The number of amides is 1. The molecule has 28 heavy (non-hydrogen) atoms. The molecule has 5 aromatic rings. The Hall–Kier alpha value is -3.31. The molecule has 3 heterocycles. The van der Waals surface area contributed by atoms with Crippen molar-refractivity contribution in [1.29, 1.82) is 0 Å². The van der Waals surface area contributed by atoms with E-state index in [2.05, 4.69) is 45.2 Å². The van der Waals surface area contributed by atoms with E-state index in [0.717, 1.165) is 61.3 Å². The first-order valence-electron chi connectivity index (χ1n) is 9.53. The van der Waals surface area contributed by atoms with E-state index < -0.39 is 0 Å². The number of hydrogen-bond donors (Lipinski definition) is 2. The molecule has 0 saturated heterocycles. The molecule has 2 aromatic heterocycles. The summed E-state index contributed by atoms with van der Waals surface area (Å²) < 4.78 is 7.68. The third-order valence-electron chi connectivity index (χ3n) is 5.94. The van der Waals surface area contributed by atoms with Crippen LogP contribution >= 0.6 is 0 Å². The van der Waals surface area contributed by atoms with Crippen molar-refractivity contribution in [3.63, 3.8) is 0 Å². The van der Waals surface area contributed by atoms with Gasteiger partial charge >= 0.3 is 0 Å². The van der Waals surface area contributed by atoms with Gasteiger partial charge in [-0.15, -0.1) is 0 Å². The lowest BCUT2D eigenvalue weighted by atomic mass is 9.97. The molecule has 5 nitrogen and oxygen atoms in total. The minimum absolute atomic E-state index is 0.0156. The van der Waals surface area contributed by atoms with E-state index in [1.807, 2.05) is 18.2 Å². The molecule has 1 aliphatic heterocycles. The van der Waals surface area contributed by atoms with Gasteiger partial charge in [-0.2, -0.15) is 0 Å². The molecule has 0 spiro atoms. The number of methoxy groups -OCH3 is 1. The number of carbonyl (C=O) groups excluding carboxylic acids is 1. The van der Waals surface area contributed by atoms with E-state index in [9.17, 15) is 4.79 Å². The molecule has 5 heteroatoms. The van der Waals surface area contributed by atoms with Crippen LogP contribution in [0, 0.1) is 0 Å². The van der Waals surface area contributed by atoms with Crippen LogP contribution in [0.5, 0.6) is 0 Å². The van der Waals surface area contributed by atoms with Gasteiger partial charge in [-0.05, 0) is 17.7 Å². The summed E-state index contributed by atoms with van der Waals surface area (Å²) in [7, 11) is 1.72. The van der Waals surface area contributed by atoms with Gasteiger partial charge in [0.2, 0.25) is 0 Å². The van der Waals surface area contributed by atoms with Crippen molar-refractivity contribution in [1.82, 2.24) is 14.9 Å². The molecule has 0 saturated carbocycles.